The Morgan fingerprint density at radius 3 is 2.32 bits per heavy atom. The van der Waals surface area contributed by atoms with Crippen LogP contribution in [0.25, 0.3) is 10.4 Å². The molecule has 4 rings (SSSR count). The molecule has 6 N–H and O–H groups in total. The van der Waals surface area contributed by atoms with Gasteiger partial charge in [0.05, 0.1) is 11.4 Å². The van der Waals surface area contributed by atoms with Crippen LogP contribution in [0, 0.1) is 0 Å². The summed E-state index contributed by atoms with van der Waals surface area (Å²) < 4.78 is 5.17. The van der Waals surface area contributed by atoms with Crippen LogP contribution in [-0.2, 0) is 22.6 Å². The minimum atomic E-state index is -0.970. The van der Waals surface area contributed by atoms with E-state index >= 15 is 0 Å². The Labute approximate surface area is 218 Å². The third kappa shape index (κ3) is 6.96. The van der Waals surface area contributed by atoms with Gasteiger partial charge in [0, 0.05) is 16.9 Å². The van der Waals surface area contributed by atoms with Crippen LogP contribution in [0.2, 0.25) is 0 Å². The monoisotopic (exact) mass is 514 g/mol. The Hall–Kier alpha value is -4.63. The average molecular weight is 515 g/mol. The van der Waals surface area contributed by atoms with Crippen LogP contribution in [0.5, 0.6) is 0 Å². The topological polar surface area (TPSA) is 137 Å². The Bertz CT molecular complexity index is 1370. The van der Waals surface area contributed by atoms with Crippen molar-refractivity contribution in [2.45, 2.75) is 19.1 Å². The Kier molecular flexibility index (Phi) is 8.17. The molecule has 0 aliphatic rings. The largest absolute Gasteiger partial charge is 0.445 e. The first-order valence-corrected chi connectivity index (χ1v) is 12.4. The van der Waals surface area contributed by atoms with E-state index in [1.54, 1.807) is 41.7 Å². The molecule has 0 fully saturated rings. The molecule has 0 aliphatic carbocycles. The van der Waals surface area contributed by atoms with E-state index in [0.29, 0.717) is 22.5 Å². The van der Waals surface area contributed by atoms with E-state index < -0.39 is 18.0 Å². The highest BCUT2D eigenvalue weighted by atomic mass is 32.1. The van der Waals surface area contributed by atoms with Crippen molar-refractivity contribution in [1.29, 1.82) is 0 Å². The molecule has 3 amide bonds. The molecule has 4 aromatic rings. The van der Waals surface area contributed by atoms with E-state index in [1.165, 1.54) is 0 Å². The fraction of sp³-hybridized carbons (Fsp3) is 0.107. The fourth-order valence-electron chi connectivity index (χ4n) is 3.61. The first kappa shape index (κ1) is 25.5. The quantitative estimate of drug-likeness (QED) is 0.243. The minimum Gasteiger partial charge on any atom is -0.445 e. The third-order valence-electron chi connectivity index (χ3n) is 5.61. The molecule has 0 saturated heterocycles. The molecule has 0 unspecified atom stereocenters. The van der Waals surface area contributed by atoms with Crippen molar-refractivity contribution in [2.75, 3.05) is 11.1 Å². The zero-order valence-electron chi connectivity index (χ0n) is 19.8. The van der Waals surface area contributed by atoms with Crippen molar-refractivity contribution in [3.05, 3.63) is 107 Å². The SMILES string of the molecule is NC(=O)[C@H](Cc1ccc(C(=O)Nc2cc(-c3cccs3)ccc2N)cc1)NC(=O)OCc1ccccc1. The molecule has 0 radical (unpaired) electrons. The number of nitrogens with one attached hydrogen (secondary N) is 2. The summed E-state index contributed by atoms with van der Waals surface area (Å²) >= 11 is 1.60. The molecule has 1 atom stereocenters. The van der Waals surface area contributed by atoms with Gasteiger partial charge in [-0.05, 0) is 52.4 Å². The molecule has 0 aliphatic heterocycles. The van der Waals surface area contributed by atoms with Crippen molar-refractivity contribution in [2.24, 2.45) is 5.73 Å². The molecule has 37 heavy (non-hydrogen) atoms. The number of carbonyl (C=O) groups excluding carboxylic acids is 3. The number of nitrogens with two attached hydrogens (primary N) is 2. The molecule has 9 heteroatoms. The predicted octanol–water partition coefficient (Wildman–Crippen LogP) is 4.57. The number of anilines is 2. The lowest BCUT2D eigenvalue weighted by atomic mass is 10.0. The highest BCUT2D eigenvalue weighted by molar-refractivity contribution is 7.13. The van der Waals surface area contributed by atoms with Crippen molar-refractivity contribution < 1.29 is 19.1 Å². The first-order chi connectivity index (χ1) is 17.9. The lowest BCUT2D eigenvalue weighted by Gasteiger charge is -2.16. The lowest BCUT2D eigenvalue weighted by Crippen LogP contribution is -2.46. The van der Waals surface area contributed by atoms with Crippen molar-refractivity contribution in [1.82, 2.24) is 5.32 Å². The Balaban J connectivity index is 1.36. The van der Waals surface area contributed by atoms with Crippen LogP contribution >= 0.6 is 11.3 Å². The maximum atomic E-state index is 12.8. The molecule has 188 valence electrons. The van der Waals surface area contributed by atoms with Gasteiger partial charge in [-0.15, -0.1) is 11.3 Å². The molecule has 1 heterocycles. The summed E-state index contributed by atoms with van der Waals surface area (Å²) in [6.45, 7) is 0.0721. The number of nitrogen functional groups attached to an aromatic ring is 1. The molecular weight excluding hydrogens is 488 g/mol. The van der Waals surface area contributed by atoms with Crippen molar-refractivity contribution in [3.63, 3.8) is 0 Å². The maximum Gasteiger partial charge on any atom is 0.408 e. The van der Waals surface area contributed by atoms with Gasteiger partial charge in [-0.2, -0.15) is 0 Å². The zero-order valence-corrected chi connectivity index (χ0v) is 20.7. The Morgan fingerprint density at radius 1 is 0.892 bits per heavy atom. The van der Waals surface area contributed by atoms with E-state index in [1.807, 2.05) is 60.0 Å². The number of ether oxygens (including phenoxy) is 1. The molecule has 0 saturated carbocycles. The second kappa shape index (κ2) is 11.9. The smallest absolute Gasteiger partial charge is 0.408 e. The maximum absolute atomic E-state index is 12.8. The van der Waals surface area contributed by atoms with Crippen LogP contribution in [0.4, 0.5) is 16.2 Å². The number of hydrogen-bond donors (Lipinski definition) is 4. The van der Waals surface area contributed by atoms with Crippen LogP contribution in [0.15, 0.2) is 90.3 Å². The summed E-state index contributed by atoms with van der Waals surface area (Å²) in [5.74, 6) is -1.02. The van der Waals surface area contributed by atoms with E-state index in [-0.39, 0.29) is 18.9 Å². The summed E-state index contributed by atoms with van der Waals surface area (Å²) in [7, 11) is 0. The second-order valence-corrected chi connectivity index (χ2v) is 9.24. The summed E-state index contributed by atoms with van der Waals surface area (Å²) in [4.78, 5) is 38.0. The highest BCUT2D eigenvalue weighted by Crippen LogP contribution is 2.30. The molecule has 0 bridgehead atoms. The zero-order chi connectivity index (χ0) is 26.2. The number of benzene rings is 3. The van der Waals surface area contributed by atoms with E-state index in [9.17, 15) is 14.4 Å². The van der Waals surface area contributed by atoms with E-state index in [4.69, 9.17) is 16.2 Å². The summed E-state index contributed by atoms with van der Waals surface area (Å²) in [5, 5.41) is 7.34. The van der Waals surface area contributed by atoms with Gasteiger partial charge in [0.1, 0.15) is 12.6 Å². The molecule has 0 spiro atoms. The van der Waals surface area contributed by atoms with Crippen LogP contribution in [-0.4, -0.2) is 23.9 Å². The van der Waals surface area contributed by atoms with Gasteiger partial charge in [-0.1, -0.05) is 54.6 Å². The number of thiophene rings is 1. The summed E-state index contributed by atoms with van der Waals surface area (Å²) in [6, 6.07) is 24.4. The van der Waals surface area contributed by atoms with Crippen LogP contribution < -0.4 is 22.1 Å². The number of alkyl carbamates (subject to hydrolysis) is 1. The van der Waals surface area contributed by atoms with E-state index in [2.05, 4.69) is 10.6 Å². The van der Waals surface area contributed by atoms with Gasteiger partial charge in [0.25, 0.3) is 5.91 Å². The summed E-state index contributed by atoms with van der Waals surface area (Å²) in [5.41, 5.74) is 15.4. The van der Waals surface area contributed by atoms with Crippen LogP contribution in [0.1, 0.15) is 21.5 Å². The van der Waals surface area contributed by atoms with Crippen LogP contribution in [0.3, 0.4) is 0 Å². The lowest BCUT2D eigenvalue weighted by molar-refractivity contribution is -0.119. The van der Waals surface area contributed by atoms with Gasteiger partial charge in [-0.25, -0.2) is 4.79 Å². The van der Waals surface area contributed by atoms with Gasteiger partial charge >= 0.3 is 6.09 Å². The van der Waals surface area contributed by atoms with Gasteiger partial charge in [0.15, 0.2) is 0 Å². The number of rotatable bonds is 9. The number of primary amides is 1. The fourth-order valence-corrected chi connectivity index (χ4v) is 4.34. The predicted molar refractivity (Wildman–Crippen MR) is 145 cm³/mol. The summed E-state index contributed by atoms with van der Waals surface area (Å²) in [6.07, 6.45) is -0.598. The minimum absolute atomic E-state index is 0.0721. The normalized spacial score (nSPS) is 11.4. The van der Waals surface area contributed by atoms with Gasteiger partial charge < -0.3 is 26.8 Å². The molecule has 1 aromatic heterocycles. The number of hydrogen-bond acceptors (Lipinski definition) is 6. The number of amides is 3. The average Bonchev–Trinajstić information content (AvgIpc) is 3.44. The second-order valence-electron chi connectivity index (χ2n) is 8.30. The first-order valence-electron chi connectivity index (χ1n) is 11.5. The van der Waals surface area contributed by atoms with Gasteiger partial charge in [0.2, 0.25) is 5.91 Å². The molecule has 8 nitrogen and oxygen atoms in total. The third-order valence-corrected chi connectivity index (χ3v) is 6.53. The van der Waals surface area contributed by atoms with Gasteiger partial charge in [-0.3, -0.25) is 9.59 Å². The molecule has 3 aromatic carbocycles. The number of carbonyl (C=O) groups is 3. The Morgan fingerprint density at radius 2 is 1.65 bits per heavy atom. The van der Waals surface area contributed by atoms with E-state index in [0.717, 1.165) is 16.0 Å². The van der Waals surface area contributed by atoms with Crippen molar-refractivity contribution in [3.8, 4) is 10.4 Å². The standard InChI is InChI=1S/C28H26N4O4S/c29-22-13-12-21(25-7-4-14-37-25)16-23(22)31-27(34)20-10-8-18(9-11-20)15-24(26(30)33)32-28(35)36-17-19-5-2-1-3-6-19/h1-14,16,24H,15,17,29H2,(H2,30,33)(H,31,34)(H,32,35)/t24-/m0/s1. The van der Waals surface area contributed by atoms with Crippen molar-refractivity contribution >= 4 is 40.6 Å². The molecular formula is C28H26N4O4S. The highest BCUT2D eigenvalue weighted by Gasteiger charge is 2.20.